The van der Waals surface area contributed by atoms with Crippen LogP contribution < -0.4 is 0 Å². The Balaban J connectivity index is 1.85. The van der Waals surface area contributed by atoms with Crippen LogP contribution in [-0.2, 0) is 6.42 Å². The molecule has 109 valence electrons. The topological polar surface area (TPSA) is 0 Å². The Kier molecular flexibility index (Phi) is 4.70. The van der Waals surface area contributed by atoms with Crippen LogP contribution in [-0.4, -0.2) is 0 Å². The first-order valence-electron chi connectivity index (χ1n) is 7.90. The molecule has 0 aliphatic carbocycles. The minimum atomic E-state index is 0.450. The molecule has 0 aliphatic heterocycles. The summed E-state index contributed by atoms with van der Waals surface area (Å²) in [5.74, 6) is 0.450. The van der Waals surface area contributed by atoms with Crippen molar-refractivity contribution in [2.75, 3.05) is 0 Å². The summed E-state index contributed by atoms with van der Waals surface area (Å²) in [6, 6.07) is 31.1. The van der Waals surface area contributed by atoms with Crippen LogP contribution in [0.4, 0.5) is 0 Å². The summed E-state index contributed by atoms with van der Waals surface area (Å²) in [5.41, 5.74) is 5.56. The van der Waals surface area contributed by atoms with E-state index in [-0.39, 0.29) is 0 Å². The molecule has 0 atom stereocenters. The smallest absolute Gasteiger partial charge is 0.00925 e. The van der Waals surface area contributed by atoms with Gasteiger partial charge in [-0.05, 0) is 48.1 Å². The Morgan fingerprint density at radius 1 is 0.818 bits per heavy atom. The van der Waals surface area contributed by atoms with Crippen molar-refractivity contribution in [2.24, 2.45) is 0 Å². The van der Waals surface area contributed by atoms with E-state index >= 15 is 0 Å². The lowest BCUT2D eigenvalue weighted by molar-refractivity contribution is 0.713. The predicted molar refractivity (Wildman–Crippen MR) is 93.1 cm³/mol. The lowest BCUT2D eigenvalue weighted by Gasteiger charge is -2.18. The van der Waals surface area contributed by atoms with Crippen LogP contribution in [0, 0.1) is 13.0 Å². The van der Waals surface area contributed by atoms with Crippen LogP contribution in [0.5, 0.6) is 0 Å². The van der Waals surface area contributed by atoms with Crippen molar-refractivity contribution in [3.63, 3.8) is 0 Å². The van der Waals surface area contributed by atoms with E-state index in [1.54, 1.807) is 0 Å². The Morgan fingerprint density at radius 3 is 1.95 bits per heavy atom. The van der Waals surface area contributed by atoms with Gasteiger partial charge < -0.3 is 0 Å². The molecule has 0 bridgehead atoms. The number of aryl methyl sites for hydroxylation is 2. The predicted octanol–water partition coefficient (Wildman–Crippen LogP) is 5.56. The third-order valence-corrected chi connectivity index (χ3v) is 4.29. The number of hydrogen-bond donors (Lipinski definition) is 0. The van der Waals surface area contributed by atoms with Gasteiger partial charge in [-0.25, -0.2) is 0 Å². The Morgan fingerprint density at radius 2 is 1.41 bits per heavy atom. The largest absolute Gasteiger partial charge is 0.0622 e. The van der Waals surface area contributed by atoms with Crippen LogP contribution in [0.1, 0.15) is 34.6 Å². The first-order chi connectivity index (χ1) is 10.8. The molecule has 0 N–H and O–H groups in total. The first-order valence-corrected chi connectivity index (χ1v) is 7.90. The van der Waals surface area contributed by atoms with Crippen LogP contribution in [0.15, 0.2) is 78.9 Å². The SMILES string of the molecule is Cc1c[c]ccc1CCC(c1ccccc1)c1ccccc1. The van der Waals surface area contributed by atoms with Crippen LogP contribution in [0.2, 0.25) is 0 Å². The minimum absolute atomic E-state index is 0.450. The van der Waals surface area contributed by atoms with Crippen molar-refractivity contribution in [2.45, 2.75) is 25.7 Å². The zero-order chi connectivity index (χ0) is 15.2. The summed E-state index contributed by atoms with van der Waals surface area (Å²) < 4.78 is 0. The maximum absolute atomic E-state index is 3.15. The second-order valence-electron chi connectivity index (χ2n) is 5.77. The second-order valence-corrected chi connectivity index (χ2v) is 5.77. The average molecular weight is 285 g/mol. The van der Waals surface area contributed by atoms with Gasteiger partial charge in [-0.15, -0.1) is 0 Å². The Labute approximate surface area is 133 Å². The molecule has 3 aromatic carbocycles. The molecule has 0 heteroatoms. The van der Waals surface area contributed by atoms with E-state index < -0.39 is 0 Å². The van der Waals surface area contributed by atoms with Crippen LogP contribution in [0.25, 0.3) is 0 Å². The highest BCUT2D eigenvalue weighted by Gasteiger charge is 2.14. The van der Waals surface area contributed by atoms with Gasteiger partial charge in [0, 0.05) is 5.92 Å². The van der Waals surface area contributed by atoms with Gasteiger partial charge in [-0.2, -0.15) is 0 Å². The fourth-order valence-corrected chi connectivity index (χ4v) is 3.02. The highest BCUT2D eigenvalue weighted by atomic mass is 14.2. The molecule has 0 heterocycles. The number of benzene rings is 3. The van der Waals surface area contributed by atoms with Gasteiger partial charge in [0.05, 0.1) is 0 Å². The molecule has 1 radical (unpaired) electrons. The number of rotatable bonds is 5. The van der Waals surface area contributed by atoms with Gasteiger partial charge in [0.25, 0.3) is 0 Å². The Bertz CT molecular complexity index is 659. The van der Waals surface area contributed by atoms with Crippen molar-refractivity contribution in [3.8, 4) is 0 Å². The summed E-state index contributed by atoms with van der Waals surface area (Å²) in [5, 5.41) is 0. The summed E-state index contributed by atoms with van der Waals surface area (Å²) in [6.45, 7) is 2.17. The van der Waals surface area contributed by atoms with E-state index in [0.29, 0.717) is 5.92 Å². The molecule has 0 saturated heterocycles. The molecule has 0 saturated carbocycles. The standard InChI is InChI=1S/C22H21/c1-18-10-8-9-11-19(18)16-17-22(20-12-4-2-5-13-20)21-14-6-3-7-15-21/h2-7,9-15,22H,16-17H2,1H3. The van der Waals surface area contributed by atoms with Crippen molar-refractivity contribution in [1.29, 1.82) is 0 Å². The van der Waals surface area contributed by atoms with Crippen molar-refractivity contribution >= 4 is 0 Å². The highest BCUT2D eigenvalue weighted by Crippen LogP contribution is 2.29. The Hall–Kier alpha value is -2.34. The molecule has 0 spiro atoms. The van der Waals surface area contributed by atoms with Gasteiger partial charge >= 0.3 is 0 Å². The van der Waals surface area contributed by atoms with Crippen molar-refractivity contribution in [3.05, 3.63) is 107 Å². The molecule has 0 aliphatic rings. The summed E-state index contributed by atoms with van der Waals surface area (Å²) in [7, 11) is 0. The molecule has 0 unspecified atom stereocenters. The lowest BCUT2D eigenvalue weighted by atomic mass is 9.86. The van der Waals surface area contributed by atoms with Crippen LogP contribution >= 0.6 is 0 Å². The fraction of sp³-hybridized carbons (Fsp3) is 0.182. The summed E-state index contributed by atoms with van der Waals surface area (Å²) >= 11 is 0. The molecule has 0 amide bonds. The molecule has 3 aromatic rings. The lowest BCUT2D eigenvalue weighted by Crippen LogP contribution is -2.03. The van der Waals surface area contributed by atoms with Gasteiger partial charge in [0.2, 0.25) is 0 Å². The van der Waals surface area contributed by atoms with Gasteiger partial charge in [0.15, 0.2) is 0 Å². The summed E-state index contributed by atoms with van der Waals surface area (Å²) in [4.78, 5) is 0. The van der Waals surface area contributed by atoms with Gasteiger partial charge in [0.1, 0.15) is 0 Å². The monoisotopic (exact) mass is 285 g/mol. The van der Waals surface area contributed by atoms with E-state index in [1.807, 2.05) is 6.07 Å². The first kappa shape index (κ1) is 14.6. The molecule has 3 rings (SSSR count). The second kappa shape index (κ2) is 7.09. The molecule has 0 nitrogen and oxygen atoms in total. The third-order valence-electron chi connectivity index (χ3n) is 4.29. The van der Waals surface area contributed by atoms with E-state index in [0.717, 1.165) is 12.8 Å². The average Bonchev–Trinajstić information content (AvgIpc) is 2.59. The zero-order valence-electron chi connectivity index (χ0n) is 13.0. The molecule has 0 aromatic heterocycles. The quantitative estimate of drug-likeness (QED) is 0.575. The van der Waals surface area contributed by atoms with Crippen molar-refractivity contribution < 1.29 is 0 Å². The van der Waals surface area contributed by atoms with E-state index in [4.69, 9.17) is 0 Å². The molecule has 22 heavy (non-hydrogen) atoms. The normalized spacial score (nSPS) is 10.8. The van der Waals surface area contributed by atoms with E-state index in [2.05, 4.69) is 85.8 Å². The van der Waals surface area contributed by atoms with E-state index in [1.165, 1.54) is 22.3 Å². The third kappa shape index (κ3) is 3.46. The fourth-order valence-electron chi connectivity index (χ4n) is 3.02. The molecule has 0 fully saturated rings. The maximum atomic E-state index is 3.15. The minimum Gasteiger partial charge on any atom is -0.0622 e. The van der Waals surface area contributed by atoms with Gasteiger partial charge in [-0.3, -0.25) is 0 Å². The molecular formula is C22H21. The van der Waals surface area contributed by atoms with Crippen LogP contribution in [0.3, 0.4) is 0 Å². The maximum Gasteiger partial charge on any atom is 0.00925 e. The van der Waals surface area contributed by atoms with E-state index in [9.17, 15) is 0 Å². The zero-order valence-corrected chi connectivity index (χ0v) is 13.0. The number of hydrogen-bond acceptors (Lipinski definition) is 0. The van der Waals surface area contributed by atoms with Crippen molar-refractivity contribution in [1.82, 2.24) is 0 Å². The molecular weight excluding hydrogens is 264 g/mol. The summed E-state index contributed by atoms with van der Waals surface area (Å²) in [6.07, 6.45) is 2.22. The van der Waals surface area contributed by atoms with Gasteiger partial charge in [-0.1, -0.05) is 78.9 Å². The highest BCUT2D eigenvalue weighted by molar-refractivity contribution is 5.33.